The van der Waals surface area contributed by atoms with Gasteiger partial charge in [0.1, 0.15) is 5.69 Å². The van der Waals surface area contributed by atoms with Gasteiger partial charge in [-0.2, -0.15) is 0 Å². The number of halogens is 3. The SMILES string of the molecule is COC(=O)c1ccc(NC(=O)c2ncc(Cl)c(Cl)c2Cl)cc1. The van der Waals surface area contributed by atoms with Gasteiger partial charge in [0.25, 0.3) is 5.91 Å². The Morgan fingerprint density at radius 3 is 2.32 bits per heavy atom. The molecule has 1 N–H and O–H groups in total. The van der Waals surface area contributed by atoms with Gasteiger partial charge in [-0.05, 0) is 24.3 Å². The molecule has 0 atom stereocenters. The average Bonchev–Trinajstić information content (AvgIpc) is 2.52. The Morgan fingerprint density at radius 1 is 1.09 bits per heavy atom. The number of methoxy groups -OCH3 is 1. The molecule has 2 rings (SSSR count). The zero-order valence-corrected chi connectivity index (χ0v) is 13.5. The minimum atomic E-state index is -0.547. The first-order valence-corrected chi connectivity index (χ1v) is 7.06. The molecule has 0 fully saturated rings. The van der Waals surface area contributed by atoms with E-state index in [2.05, 4.69) is 15.0 Å². The van der Waals surface area contributed by atoms with Crippen LogP contribution in [0, 0.1) is 0 Å². The molecule has 0 aliphatic carbocycles. The topological polar surface area (TPSA) is 68.3 Å². The highest BCUT2D eigenvalue weighted by atomic mass is 35.5. The van der Waals surface area contributed by atoms with Crippen molar-refractivity contribution in [3.8, 4) is 0 Å². The minimum absolute atomic E-state index is 0.0298. The molecule has 1 aromatic carbocycles. The molecular weight excluding hydrogens is 351 g/mol. The van der Waals surface area contributed by atoms with Crippen molar-refractivity contribution in [1.29, 1.82) is 0 Å². The second kappa shape index (κ2) is 6.96. The number of amides is 1. The summed E-state index contributed by atoms with van der Waals surface area (Å²) in [6, 6.07) is 6.14. The van der Waals surface area contributed by atoms with Gasteiger partial charge in [0.2, 0.25) is 0 Å². The van der Waals surface area contributed by atoms with Crippen molar-refractivity contribution in [3.05, 3.63) is 56.8 Å². The van der Waals surface area contributed by atoms with Crippen molar-refractivity contribution in [1.82, 2.24) is 4.98 Å². The van der Waals surface area contributed by atoms with Crippen LogP contribution in [-0.2, 0) is 4.74 Å². The summed E-state index contributed by atoms with van der Waals surface area (Å²) in [6.45, 7) is 0. The lowest BCUT2D eigenvalue weighted by molar-refractivity contribution is 0.0600. The van der Waals surface area contributed by atoms with E-state index in [1.54, 1.807) is 12.1 Å². The lowest BCUT2D eigenvalue weighted by Crippen LogP contribution is -2.14. The highest BCUT2D eigenvalue weighted by Crippen LogP contribution is 2.31. The highest BCUT2D eigenvalue weighted by Gasteiger charge is 2.17. The van der Waals surface area contributed by atoms with E-state index in [4.69, 9.17) is 34.8 Å². The van der Waals surface area contributed by atoms with E-state index in [-0.39, 0.29) is 20.8 Å². The van der Waals surface area contributed by atoms with Crippen LogP contribution in [0.3, 0.4) is 0 Å². The third-order valence-corrected chi connectivity index (χ3v) is 3.94. The molecule has 0 saturated carbocycles. The Bertz CT molecular complexity index is 733. The van der Waals surface area contributed by atoms with Gasteiger partial charge in [-0.15, -0.1) is 0 Å². The maximum Gasteiger partial charge on any atom is 0.337 e. The van der Waals surface area contributed by atoms with E-state index >= 15 is 0 Å². The van der Waals surface area contributed by atoms with Gasteiger partial charge in [0.05, 0.1) is 27.7 Å². The van der Waals surface area contributed by atoms with Gasteiger partial charge in [0.15, 0.2) is 0 Å². The molecule has 8 heteroatoms. The Balaban J connectivity index is 2.19. The Kier molecular flexibility index (Phi) is 5.24. The molecule has 22 heavy (non-hydrogen) atoms. The van der Waals surface area contributed by atoms with Crippen molar-refractivity contribution in [3.63, 3.8) is 0 Å². The molecule has 0 saturated heterocycles. The fraction of sp³-hybridized carbons (Fsp3) is 0.0714. The molecule has 5 nitrogen and oxygen atoms in total. The second-order valence-electron chi connectivity index (χ2n) is 4.11. The number of aromatic nitrogens is 1. The van der Waals surface area contributed by atoms with Crippen molar-refractivity contribution >= 4 is 52.4 Å². The Hall–Kier alpha value is -1.82. The van der Waals surface area contributed by atoms with E-state index in [0.29, 0.717) is 11.3 Å². The molecule has 2 aromatic rings. The standard InChI is InChI=1S/C14H9Cl3N2O3/c1-22-14(21)7-2-4-8(5-3-7)19-13(20)12-11(17)10(16)9(15)6-18-12/h2-6H,1H3,(H,19,20). The predicted molar refractivity (Wildman–Crippen MR) is 85.0 cm³/mol. The maximum absolute atomic E-state index is 12.1. The largest absolute Gasteiger partial charge is 0.465 e. The molecule has 0 spiro atoms. The smallest absolute Gasteiger partial charge is 0.337 e. The van der Waals surface area contributed by atoms with Gasteiger partial charge in [-0.25, -0.2) is 9.78 Å². The molecule has 0 radical (unpaired) electrons. The Labute approximate surface area is 141 Å². The summed E-state index contributed by atoms with van der Waals surface area (Å²) in [5.74, 6) is -1.01. The van der Waals surface area contributed by atoms with Crippen molar-refractivity contribution in [2.75, 3.05) is 12.4 Å². The number of anilines is 1. The number of carbonyl (C=O) groups excluding carboxylic acids is 2. The molecule has 1 heterocycles. The predicted octanol–water partition coefficient (Wildman–Crippen LogP) is 4.08. The Morgan fingerprint density at radius 2 is 1.73 bits per heavy atom. The normalized spacial score (nSPS) is 10.2. The summed E-state index contributed by atoms with van der Waals surface area (Å²) in [7, 11) is 1.29. The van der Waals surface area contributed by atoms with Gasteiger partial charge in [-0.3, -0.25) is 4.79 Å². The number of benzene rings is 1. The molecule has 0 aliphatic heterocycles. The van der Waals surface area contributed by atoms with Gasteiger partial charge >= 0.3 is 5.97 Å². The van der Waals surface area contributed by atoms with E-state index in [1.165, 1.54) is 25.4 Å². The first-order chi connectivity index (χ1) is 10.4. The zero-order valence-electron chi connectivity index (χ0n) is 11.2. The monoisotopic (exact) mass is 358 g/mol. The van der Waals surface area contributed by atoms with Gasteiger partial charge in [0, 0.05) is 11.9 Å². The summed E-state index contributed by atoms with van der Waals surface area (Å²) in [5, 5.41) is 2.78. The molecule has 0 bridgehead atoms. The molecule has 114 valence electrons. The van der Waals surface area contributed by atoms with Crippen LogP contribution >= 0.6 is 34.8 Å². The number of ether oxygens (including phenoxy) is 1. The fourth-order valence-corrected chi connectivity index (χ4v) is 2.17. The summed E-state index contributed by atoms with van der Waals surface area (Å²) in [6.07, 6.45) is 1.24. The summed E-state index contributed by atoms with van der Waals surface area (Å²) >= 11 is 17.6. The quantitative estimate of drug-likeness (QED) is 0.838. The van der Waals surface area contributed by atoms with Crippen LogP contribution in [-0.4, -0.2) is 24.0 Å². The number of hydrogen-bond acceptors (Lipinski definition) is 4. The lowest BCUT2D eigenvalue weighted by Gasteiger charge is -2.08. The molecule has 0 unspecified atom stereocenters. The van der Waals surface area contributed by atoms with Crippen molar-refractivity contribution < 1.29 is 14.3 Å². The summed E-state index contributed by atoms with van der Waals surface area (Å²) < 4.78 is 4.59. The van der Waals surface area contributed by atoms with Gasteiger partial charge in [-0.1, -0.05) is 34.8 Å². The third-order valence-electron chi connectivity index (χ3n) is 2.70. The number of esters is 1. The van der Waals surface area contributed by atoms with Crippen LogP contribution < -0.4 is 5.32 Å². The first kappa shape index (κ1) is 16.5. The summed E-state index contributed by atoms with van der Waals surface area (Å²) in [5.41, 5.74) is 0.779. The number of rotatable bonds is 3. The van der Waals surface area contributed by atoms with Crippen LogP contribution in [0.4, 0.5) is 5.69 Å². The third kappa shape index (κ3) is 3.50. The minimum Gasteiger partial charge on any atom is -0.465 e. The van der Waals surface area contributed by atoms with E-state index in [0.717, 1.165) is 0 Å². The van der Waals surface area contributed by atoms with E-state index in [1.807, 2.05) is 0 Å². The first-order valence-electron chi connectivity index (χ1n) is 5.93. The van der Waals surface area contributed by atoms with Crippen LogP contribution in [0.25, 0.3) is 0 Å². The van der Waals surface area contributed by atoms with Crippen molar-refractivity contribution in [2.24, 2.45) is 0 Å². The van der Waals surface area contributed by atoms with E-state index < -0.39 is 11.9 Å². The van der Waals surface area contributed by atoms with Crippen molar-refractivity contribution in [2.45, 2.75) is 0 Å². The van der Waals surface area contributed by atoms with Gasteiger partial charge < -0.3 is 10.1 Å². The molecule has 1 aromatic heterocycles. The number of carbonyl (C=O) groups is 2. The number of nitrogens with zero attached hydrogens (tertiary/aromatic N) is 1. The van der Waals surface area contributed by atoms with Crippen LogP contribution in [0.1, 0.15) is 20.8 Å². The molecular formula is C14H9Cl3N2O3. The fourth-order valence-electron chi connectivity index (χ4n) is 1.60. The van der Waals surface area contributed by atoms with E-state index in [9.17, 15) is 9.59 Å². The second-order valence-corrected chi connectivity index (χ2v) is 5.27. The number of nitrogens with one attached hydrogen (secondary N) is 1. The average molecular weight is 360 g/mol. The lowest BCUT2D eigenvalue weighted by atomic mass is 10.2. The molecule has 1 amide bonds. The number of pyridine rings is 1. The van der Waals surface area contributed by atoms with Crippen LogP contribution in [0.5, 0.6) is 0 Å². The summed E-state index contributed by atoms with van der Waals surface area (Å²) in [4.78, 5) is 27.3. The molecule has 0 aliphatic rings. The highest BCUT2D eigenvalue weighted by molar-refractivity contribution is 6.49. The number of hydrogen-bond donors (Lipinski definition) is 1. The van der Waals surface area contributed by atoms with Crippen LogP contribution in [0.15, 0.2) is 30.5 Å². The maximum atomic E-state index is 12.1. The zero-order chi connectivity index (χ0) is 16.3. The van der Waals surface area contributed by atoms with Crippen LogP contribution in [0.2, 0.25) is 15.1 Å².